The van der Waals surface area contributed by atoms with Gasteiger partial charge in [-0.25, -0.2) is 4.98 Å². The van der Waals surface area contributed by atoms with Gasteiger partial charge in [0.2, 0.25) is 5.91 Å². The van der Waals surface area contributed by atoms with Gasteiger partial charge in [0.1, 0.15) is 11.7 Å². The van der Waals surface area contributed by atoms with Gasteiger partial charge in [0, 0.05) is 32.0 Å². The first-order valence-corrected chi connectivity index (χ1v) is 12.8. The highest BCUT2D eigenvalue weighted by Gasteiger charge is 2.38. The molecule has 0 saturated heterocycles. The summed E-state index contributed by atoms with van der Waals surface area (Å²) in [6.07, 6.45) is 1.81. The fourth-order valence-corrected chi connectivity index (χ4v) is 4.70. The summed E-state index contributed by atoms with van der Waals surface area (Å²) in [5.74, 6) is -1.70. The second kappa shape index (κ2) is 10.4. The molecule has 10 nitrogen and oxygen atoms in total. The Morgan fingerprint density at radius 2 is 1.89 bits per heavy atom. The molecule has 0 saturated carbocycles. The van der Waals surface area contributed by atoms with E-state index in [2.05, 4.69) is 47.4 Å². The number of aromatic nitrogens is 4. The number of fused-ring (bicyclic) bond motifs is 1. The van der Waals surface area contributed by atoms with Gasteiger partial charge >= 0.3 is 5.97 Å². The average Bonchev–Trinajstić information content (AvgIpc) is 3.43. The lowest BCUT2D eigenvalue weighted by Gasteiger charge is -2.35. The zero-order chi connectivity index (χ0) is 27.8. The molecular weight excluding hydrogens is 484 g/mol. The van der Waals surface area contributed by atoms with Gasteiger partial charge in [-0.3, -0.25) is 19.1 Å². The molecule has 10 heteroatoms. The van der Waals surface area contributed by atoms with Crippen LogP contribution < -0.4 is 5.32 Å². The minimum absolute atomic E-state index is 0.0134. The molecule has 38 heavy (non-hydrogen) atoms. The number of amides is 2. The van der Waals surface area contributed by atoms with Gasteiger partial charge in [0.05, 0.1) is 36.4 Å². The van der Waals surface area contributed by atoms with Crippen molar-refractivity contribution in [3.8, 4) is 0 Å². The molecule has 0 spiro atoms. The van der Waals surface area contributed by atoms with Gasteiger partial charge < -0.3 is 19.9 Å². The third-order valence-corrected chi connectivity index (χ3v) is 7.03. The monoisotopic (exact) mass is 520 g/mol. The number of benzene rings is 1. The number of carbonyl (C=O) groups excluding carboxylic acids is 2. The number of hydrogen-bond donors (Lipinski definition) is 2. The van der Waals surface area contributed by atoms with Crippen molar-refractivity contribution in [2.24, 2.45) is 7.05 Å². The number of rotatable bonds is 7. The van der Waals surface area contributed by atoms with Crippen molar-refractivity contribution in [1.29, 1.82) is 0 Å². The Morgan fingerprint density at radius 1 is 1.16 bits per heavy atom. The molecule has 202 valence electrons. The van der Waals surface area contributed by atoms with Gasteiger partial charge in [0.25, 0.3) is 5.91 Å². The molecule has 0 radical (unpaired) electrons. The van der Waals surface area contributed by atoms with Gasteiger partial charge in [-0.05, 0) is 31.0 Å². The highest BCUT2D eigenvalue weighted by molar-refractivity contribution is 5.97. The maximum Gasteiger partial charge on any atom is 0.305 e. The van der Waals surface area contributed by atoms with Crippen LogP contribution in [0.15, 0.2) is 30.6 Å². The van der Waals surface area contributed by atoms with Crippen molar-refractivity contribution in [3.63, 3.8) is 0 Å². The molecule has 3 heterocycles. The number of carbonyl (C=O) groups is 3. The molecule has 0 aliphatic carbocycles. The first-order valence-electron chi connectivity index (χ1n) is 12.8. The van der Waals surface area contributed by atoms with E-state index < -0.39 is 17.9 Å². The second-order valence-electron chi connectivity index (χ2n) is 11.1. The first kappa shape index (κ1) is 27.1. The number of aryl methyl sites for hydroxylation is 3. The van der Waals surface area contributed by atoms with Crippen LogP contribution in [0.1, 0.15) is 71.5 Å². The van der Waals surface area contributed by atoms with Crippen LogP contribution in [0.3, 0.4) is 0 Å². The molecule has 1 aliphatic rings. The molecule has 1 aliphatic heterocycles. The zero-order valence-electron chi connectivity index (χ0n) is 22.9. The summed E-state index contributed by atoms with van der Waals surface area (Å²) in [7, 11) is 1.73. The van der Waals surface area contributed by atoms with E-state index in [1.165, 1.54) is 11.1 Å². The van der Waals surface area contributed by atoms with E-state index in [4.69, 9.17) is 5.11 Å². The number of hydrogen-bond acceptors (Lipinski definition) is 5. The standard InChI is InChI=1S/C28H36N6O4/c1-17-7-8-18(2)19(11-17)14-33-16-30-20-12-21(26(37)29-10-9-25(35)36)34(15-23(20)33)27(38)22-13-24(28(3,4)5)31-32(22)6/h7-8,11,13,16,21H,9-10,12,14-15H2,1-6H3,(H,29,37)(H,35,36). The van der Waals surface area contributed by atoms with Gasteiger partial charge in [-0.15, -0.1) is 0 Å². The van der Waals surface area contributed by atoms with E-state index in [1.807, 2.05) is 25.3 Å². The van der Waals surface area contributed by atoms with Crippen LogP contribution in [-0.2, 0) is 41.6 Å². The fourth-order valence-electron chi connectivity index (χ4n) is 4.70. The number of carboxylic acid groups (broad SMARTS) is 1. The van der Waals surface area contributed by atoms with Crippen LogP contribution in [0.25, 0.3) is 0 Å². The second-order valence-corrected chi connectivity index (χ2v) is 11.1. The number of aliphatic carboxylic acids is 1. The Bertz CT molecular complexity index is 1380. The lowest BCUT2D eigenvalue weighted by molar-refractivity contribution is -0.137. The van der Waals surface area contributed by atoms with Gasteiger partial charge in [-0.1, -0.05) is 44.5 Å². The van der Waals surface area contributed by atoms with Crippen LogP contribution in [0.4, 0.5) is 0 Å². The smallest absolute Gasteiger partial charge is 0.305 e. The third kappa shape index (κ3) is 5.64. The Balaban J connectivity index is 1.68. The summed E-state index contributed by atoms with van der Waals surface area (Å²) < 4.78 is 3.60. The Morgan fingerprint density at radius 3 is 2.55 bits per heavy atom. The van der Waals surface area contributed by atoms with Crippen molar-refractivity contribution in [2.45, 2.75) is 72.0 Å². The highest BCUT2D eigenvalue weighted by atomic mass is 16.4. The lowest BCUT2D eigenvalue weighted by atomic mass is 9.92. The first-order chi connectivity index (χ1) is 17.8. The van der Waals surface area contributed by atoms with Crippen molar-refractivity contribution in [3.05, 3.63) is 70.1 Å². The van der Waals surface area contributed by atoms with E-state index in [-0.39, 0.29) is 37.3 Å². The highest BCUT2D eigenvalue weighted by Crippen LogP contribution is 2.28. The van der Waals surface area contributed by atoms with Crippen LogP contribution in [0, 0.1) is 13.8 Å². The summed E-state index contributed by atoms with van der Waals surface area (Å²) in [5, 5.41) is 16.2. The van der Waals surface area contributed by atoms with Crippen LogP contribution in [0.2, 0.25) is 0 Å². The third-order valence-electron chi connectivity index (χ3n) is 7.03. The predicted molar refractivity (Wildman–Crippen MR) is 142 cm³/mol. The molecule has 1 atom stereocenters. The lowest BCUT2D eigenvalue weighted by Crippen LogP contribution is -2.53. The maximum absolute atomic E-state index is 13.9. The summed E-state index contributed by atoms with van der Waals surface area (Å²) in [5.41, 5.74) is 6.07. The number of nitrogens with zero attached hydrogens (tertiary/aromatic N) is 5. The molecule has 0 bridgehead atoms. The summed E-state index contributed by atoms with van der Waals surface area (Å²) in [4.78, 5) is 44.2. The molecule has 3 aromatic rings. The Kier molecular flexibility index (Phi) is 7.44. The Labute approximate surface area is 222 Å². The van der Waals surface area contributed by atoms with Crippen LogP contribution in [0.5, 0.6) is 0 Å². The minimum Gasteiger partial charge on any atom is -0.481 e. The molecule has 1 aromatic carbocycles. The molecule has 2 aromatic heterocycles. The zero-order valence-corrected chi connectivity index (χ0v) is 22.9. The molecule has 1 unspecified atom stereocenters. The number of nitrogens with one attached hydrogen (secondary N) is 1. The minimum atomic E-state index is -1.00. The van der Waals surface area contributed by atoms with E-state index in [0.29, 0.717) is 12.2 Å². The SMILES string of the molecule is Cc1ccc(C)c(Cn2cnc3c2CN(C(=O)c2cc(C(C)(C)C)nn2C)C(C(=O)NCCC(=O)O)C3)c1. The topological polar surface area (TPSA) is 122 Å². The van der Waals surface area contributed by atoms with Gasteiger partial charge in [0.15, 0.2) is 0 Å². The van der Waals surface area contributed by atoms with E-state index in [0.717, 1.165) is 22.6 Å². The quantitative estimate of drug-likeness (QED) is 0.494. The Hall–Kier alpha value is -3.95. The fraction of sp³-hybridized carbons (Fsp3) is 0.464. The maximum atomic E-state index is 13.9. The summed E-state index contributed by atoms with van der Waals surface area (Å²) in [6, 6.07) is 7.29. The van der Waals surface area contributed by atoms with Crippen molar-refractivity contribution in [2.75, 3.05) is 6.54 Å². The molecule has 4 rings (SSSR count). The average molecular weight is 521 g/mol. The molecule has 0 fully saturated rings. The predicted octanol–water partition coefficient (Wildman–Crippen LogP) is 2.74. The molecule has 2 amide bonds. The van der Waals surface area contributed by atoms with E-state index >= 15 is 0 Å². The van der Waals surface area contributed by atoms with Crippen LogP contribution >= 0.6 is 0 Å². The number of carboxylic acids is 1. The number of imidazole rings is 1. The normalized spacial score (nSPS) is 15.3. The summed E-state index contributed by atoms with van der Waals surface area (Å²) in [6.45, 7) is 11.0. The van der Waals surface area contributed by atoms with E-state index in [1.54, 1.807) is 29.0 Å². The molecular formula is C28H36N6O4. The molecule has 2 N–H and O–H groups in total. The van der Waals surface area contributed by atoms with E-state index in [9.17, 15) is 14.4 Å². The summed E-state index contributed by atoms with van der Waals surface area (Å²) >= 11 is 0. The van der Waals surface area contributed by atoms with Crippen molar-refractivity contribution >= 4 is 17.8 Å². The van der Waals surface area contributed by atoms with Crippen molar-refractivity contribution < 1.29 is 19.5 Å². The van der Waals surface area contributed by atoms with Gasteiger partial charge in [-0.2, -0.15) is 5.10 Å². The van der Waals surface area contributed by atoms with Crippen LogP contribution in [-0.4, -0.2) is 59.7 Å². The largest absolute Gasteiger partial charge is 0.481 e. The van der Waals surface area contributed by atoms with Crippen molar-refractivity contribution in [1.82, 2.24) is 29.5 Å².